The highest BCUT2D eigenvalue weighted by Gasteiger charge is 2.16. The molecule has 1 aromatic carbocycles. The molecule has 0 saturated carbocycles. The van der Waals surface area contributed by atoms with Crippen LogP contribution in [-0.4, -0.2) is 11.6 Å². The maximum atomic E-state index is 13.3. The van der Waals surface area contributed by atoms with E-state index < -0.39 is 5.82 Å². The Labute approximate surface area is 116 Å². The van der Waals surface area contributed by atoms with Crippen LogP contribution in [-0.2, 0) is 0 Å². The van der Waals surface area contributed by atoms with E-state index in [4.69, 9.17) is 23.2 Å². The molecule has 0 unspecified atom stereocenters. The zero-order chi connectivity index (χ0) is 11.7. The largest absolute Gasteiger partial charge is 0.256 e. The topological polar surface area (TPSA) is 12.4 Å². The summed E-state index contributed by atoms with van der Waals surface area (Å²) in [6.07, 6.45) is 0.725. The molecule has 1 aromatic rings. The van der Waals surface area contributed by atoms with Gasteiger partial charge in [-0.25, -0.2) is 4.39 Å². The van der Waals surface area contributed by atoms with E-state index >= 15 is 0 Å². The first kappa shape index (κ1) is 14.5. The minimum absolute atomic E-state index is 0. The zero-order valence-corrected chi connectivity index (χ0v) is 11.5. The van der Waals surface area contributed by atoms with Gasteiger partial charge in [-0.2, -0.15) is 0 Å². The summed E-state index contributed by atoms with van der Waals surface area (Å²) in [4.78, 5) is 4.38. The lowest BCUT2D eigenvalue weighted by atomic mass is 10.1. The maximum absolute atomic E-state index is 13.3. The van der Waals surface area contributed by atoms with Crippen molar-refractivity contribution >= 4 is 41.3 Å². The van der Waals surface area contributed by atoms with E-state index in [1.54, 1.807) is 12.1 Å². The van der Waals surface area contributed by atoms with Crippen molar-refractivity contribution in [2.45, 2.75) is 13.3 Å². The third kappa shape index (κ3) is 3.01. The van der Waals surface area contributed by atoms with E-state index in [0.29, 0.717) is 5.88 Å². The van der Waals surface area contributed by atoms with Gasteiger partial charge in [-0.3, -0.25) is 4.99 Å². The molecule has 17 heavy (non-hydrogen) atoms. The number of aliphatic imine (C=N–C) groups is 1. The van der Waals surface area contributed by atoms with E-state index in [2.05, 4.69) is 4.99 Å². The van der Waals surface area contributed by atoms with Crippen molar-refractivity contribution in [1.82, 2.24) is 0 Å². The van der Waals surface area contributed by atoms with Gasteiger partial charge >= 0.3 is 0 Å². The molecule has 1 aliphatic rings. The van der Waals surface area contributed by atoms with Crippen molar-refractivity contribution in [3.8, 4) is 0 Å². The Morgan fingerprint density at radius 3 is 2.65 bits per heavy atom. The fourth-order valence-electron chi connectivity index (χ4n) is 1.64. The standard InChI is InChI=1S/C12H10Cl2FN.ClH/c1-7-4-11(16-12(7)6-13)8-2-3-9(14)10(15)5-8;/h2-3,5H,4,6H2,1H3;1H. The minimum atomic E-state index is -0.418. The number of alkyl halides is 1. The highest BCUT2D eigenvalue weighted by atomic mass is 35.5. The van der Waals surface area contributed by atoms with Gasteiger partial charge in [0.15, 0.2) is 0 Å². The molecule has 0 amide bonds. The molecule has 0 aromatic heterocycles. The first-order valence-electron chi connectivity index (χ1n) is 4.89. The molecule has 0 aliphatic carbocycles. The summed E-state index contributed by atoms with van der Waals surface area (Å²) in [7, 11) is 0. The molecule has 2 rings (SSSR count). The quantitative estimate of drug-likeness (QED) is 0.707. The number of rotatable bonds is 2. The summed E-state index contributed by atoms with van der Waals surface area (Å²) >= 11 is 11.4. The highest BCUT2D eigenvalue weighted by molar-refractivity contribution is 6.30. The van der Waals surface area contributed by atoms with Gasteiger partial charge in [-0.15, -0.1) is 24.0 Å². The van der Waals surface area contributed by atoms with Crippen LogP contribution >= 0.6 is 35.6 Å². The number of allylic oxidation sites excluding steroid dienone is 2. The number of halogens is 4. The number of nitrogens with zero attached hydrogens (tertiary/aromatic N) is 1. The van der Waals surface area contributed by atoms with Crippen LogP contribution in [0.15, 0.2) is 34.5 Å². The predicted molar refractivity (Wildman–Crippen MR) is 73.2 cm³/mol. The lowest BCUT2D eigenvalue weighted by molar-refractivity contribution is 0.628. The van der Waals surface area contributed by atoms with Crippen LogP contribution in [0.1, 0.15) is 18.9 Å². The second-order valence-electron chi connectivity index (χ2n) is 3.72. The third-order valence-corrected chi connectivity index (χ3v) is 3.13. The Kier molecular flexibility index (Phi) is 4.99. The second-order valence-corrected chi connectivity index (χ2v) is 4.40. The van der Waals surface area contributed by atoms with Crippen molar-refractivity contribution in [2.75, 3.05) is 5.88 Å². The molecule has 0 N–H and O–H groups in total. The van der Waals surface area contributed by atoms with Gasteiger partial charge in [0.1, 0.15) is 5.82 Å². The van der Waals surface area contributed by atoms with Gasteiger partial charge in [0, 0.05) is 6.42 Å². The normalized spacial score (nSPS) is 14.7. The summed E-state index contributed by atoms with van der Waals surface area (Å²) < 4.78 is 13.3. The van der Waals surface area contributed by atoms with Gasteiger partial charge in [-0.1, -0.05) is 17.7 Å². The van der Waals surface area contributed by atoms with Crippen molar-refractivity contribution in [3.05, 3.63) is 45.9 Å². The molecule has 0 radical (unpaired) electrons. The minimum Gasteiger partial charge on any atom is -0.256 e. The van der Waals surface area contributed by atoms with Gasteiger partial charge in [0.25, 0.3) is 0 Å². The number of hydrogen-bond acceptors (Lipinski definition) is 1. The molecule has 1 heterocycles. The summed E-state index contributed by atoms with van der Waals surface area (Å²) in [6.45, 7) is 1.99. The third-order valence-electron chi connectivity index (χ3n) is 2.57. The van der Waals surface area contributed by atoms with Gasteiger partial charge in [0.2, 0.25) is 0 Å². The van der Waals surface area contributed by atoms with Crippen molar-refractivity contribution in [1.29, 1.82) is 0 Å². The lowest BCUT2D eigenvalue weighted by Crippen LogP contribution is -1.98. The first-order chi connectivity index (χ1) is 7.61. The van der Waals surface area contributed by atoms with E-state index in [1.165, 1.54) is 6.07 Å². The number of benzene rings is 1. The predicted octanol–water partition coefficient (Wildman–Crippen LogP) is 4.61. The van der Waals surface area contributed by atoms with Crippen LogP contribution < -0.4 is 0 Å². The average Bonchev–Trinajstić information content (AvgIpc) is 2.64. The van der Waals surface area contributed by atoms with E-state index in [1.807, 2.05) is 6.92 Å². The molecule has 1 nitrogen and oxygen atoms in total. The van der Waals surface area contributed by atoms with Crippen molar-refractivity contribution in [3.63, 3.8) is 0 Å². The SMILES string of the molecule is CC1=C(CCl)N=C(c2ccc(Cl)c(F)c2)C1.Cl. The molecule has 0 fully saturated rings. The Morgan fingerprint density at radius 2 is 2.12 bits per heavy atom. The Hall–Kier alpha value is -0.570. The monoisotopic (exact) mass is 293 g/mol. The van der Waals surface area contributed by atoms with E-state index in [-0.39, 0.29) is 17.4 Å². The van der Waals surface area contributed by atoms with Crippen LogP contribution in [0.4, 0.5) is 4.39 Å². The average molecular weight is 295 g/mol. The van der Waals surface area contributed by atoms with Gasteiger partial charge in [0.05, 0.1) is 22.3 Å². The summed E-state index contributed by atoms with van der Waals surface area (Å²) in [5, 5.41) is 0.129. The zero-order valence-electron chi connectivity index (χ0n) is 9.14. The Morgan fingerprint density at radius 1 is 1.41 bits per heavy atom. The van der Waals surface area contributed by atoms with Crippen LogP contribution in [0.3, 0.4) is 0 Å². The molecule has 0 atom stereocenters. The highest BCUT2D eigenvalue weighted by Crippen LogP contribution is 2.25. The first-order valence-corrected chi connectivity index (χ1v) is 5.80. The Balaban J connectivity index is 0.00000144. The van der Waals surface area contributed by atoms with Crippen molar-refractivity contribution < 1.29 is 4.39 Å². The fraction of sp³-hybridized carbons (Fsp3) is 0.250. The fourth-order valence-corrected chi connectivity index (χ4v) is 2.04. The second kappa shape index (κ2) is 5.85. The van der Waals surface area contributed by atoms with E-state index in [9.17, 15) is 4.39 Å². The summed E-state index contributed by atoms with van der Waals surface area (Å²) in [5.74, 6) is -0.0235. The summed E-state index contributed by atoms with van der Waals surface area (Å²) in [6, 6.07) is 4.73. The number of hydrogen-bond donors (Lipinski definition) is 0. The lowest BCUT2D eigenvalue weighted by Gasteiger charge is -2.02. The van der Waals surface area contributed by atoms with Gasteiger partial charge < -0.3 is 0 Å². The van der Waals surface area contributed by atoms with Crippen LogP contribution in [0, 0.1) is 5.82 Å². The molecular weight excluding hydrogens is 283 g/mol. The van der Waals surface area contributed by atoms with Crippen LogP contribution in [0.5, 0.6) is 0 Å². The summed E-state index contributed by atoms with van der Waals surface area (Å²) in [5.41, 5.74) is 3.64. The van der Waals surface area contributed by atoms with Crippen LogP contribution in [0.25, 0.3) is 0 Å². The van der Waals surface area contributed by atoms with Crippen molar-refractivity contribution in [2.24, 2.45) is 4.99 Å². The molecule has 92 valence electrons. The van der Waals surface area contributed by atoms with Gasteiger partial charge in [-0.05, 0) is 30.2 Å². The molecule has 5 heteroatoms. The molecule has 1 aliphatic heterocycles. The van der Waals surface area contributed by atoms with E-state index in [0.717, 1.165) is 29.0 Å². The smallest absolute Gasteiger partial charge is 0.142 e. The molecule has 0 spiro atoms. The molecule has 0 bridgehead atoms. The Bertz CT molecular complexity index is 495. The maximum Gasteiger partial charge on any atom is 0.142 e. The molecular formula is C12H11Cl3FN. The van der Waals surface area contributed by atoms with Crippen LogP contribution in [0.2, 0.25) is 5.02 Å². The molecule has 0 saturated heterocycles.